The summed E-state index contributed by atoms with van der Waals surface area (Å²) in [4.78, 5) is 11.6. The van der Waals surface area contributed by atoms with Crippen molar-refractivity contribution in [3.05, 3.63) is 41.0 Å². The minimum absolute atomic E-state index is 0.0881. The quantitative estimate of drug-likeness (QED) is 0.857. The Bertz CT molecular complexity index is 554. The van der Waals surface area contributed by atoms with Crippen LogP contribution in [0.4, 0.5) is 5.82 Å². The van der Waals surface area contributed by atoms with E-state index < -0.39 is 0 Å². The SMILES string of the molecule is Nc1cn(CC(=O)NCc2cccc(Cl)c2)nn1. The molecule has 2 aromatic rings. The van der Waals surface area contributed by atoms with Gasteiger partial charge in [-0.1, -0.05) is 28.9 Å². The van der Waals surface area contributed by atoms with E-state index in [9.17, 15) is 4.79 Å². The summed E-state index contributed by atoms with van der Waals surface area (Å²) in [7, 11) is 0. The van der Waals surface area contributed by atoms with Crippen LogP contribution in [0.25, 0.3) is 0 Å². The molecule has 1 aromatic heterocycles. The Balaban J connectivity index is 1.85. The molecule has 0 unspecified atom stereocenters. The van der Waals surface area contributed by atoms with Crippen molar-refractivity contribution in [2.75, 3.05) is 5.73 Å². The van der Waals surface area contributed by atoms with Crippen molar-refractivity contribution in [1.29, 1.82) is 0 Å². The molecule has 6 nitrogen and oxygen atoms in total. The fourth-order valence-corrected chi connectivity index (χ4v) is 1.65. The average Bonchev–Trinajstić information content (AvgIpc) is 2.72. The molecule has 2 rings (SSSR count). The third-order valence-electron chi connectivity index (χ3n) is 2.24. The molecule has 0 atom stereocenters. The minimum Gasteiger partial charge on any atom is -0.381 e. The van der Waals surface area contributed by atoms with Gasteiger partial charge in [0.25, 0.3) is 0 Å². The number of aromatic nitrogens is 3. The van der Waals surface area contributed by atoms with Gasteiger partial charge in [0.2, 0.25) is 5.91 Å². The van der Waals surface area contributed by atoms with E-state index in [2.05, 4.69) is 15.6 Å². The number of carbonyl (C=O) groups excluding carboxylic acids is 1. The van der Waals surface area contributed by atoms with Crippen molar-refractivity contribution in [2.24, 2.45) is 0 Å². The maximum atomic E-state index is 11.6. The molecule has 0 aliphatic rings. The summed E-state index contributed by atoms with van der Waals surface area (Å²) >= 11 is 5.84. The highest BCUT2D eigenvalue weighted by atomic mass is 35.5. The Morgan fingerprint density at radius 3 is 3.00 bits per heavy atom. The Kier molecular flexibility index (Phi) is 3.78. The summed E-state index contributed by atoms with van der Waals surface area (Å²) in [5, 5.41) is 10.7. The van der Waals surface area contributed by atoms with Gasteiger partial charge in [0.05, 0.1) is 6.20 Å². The van der Waals surface area contributed by atoms with Gasteiger partial charge in [0, 0.05) is 11.6 Å². The predicted molar refractivity (Wildman–Crippen MR) is 67.7 cm³/mol. The standard InChI is InChI=1S/C11H12ClN5O/c12-9-3-1-2-8(4-9)5-14-11(18)7-17-6-10(13)15-16-17/h1-4,6H,5,7,13H2,(H,14,18). The van der Waals surface area contributed by atoms with Crippen LogP contribution in [0.2, 0.25) is 5.02 Å². The number of nitrogen functional groups attached to an aromatic ring is 1. The molecule has 7 heteroatoms. The van der Waals surface area contributed by atoms with Crippen molar-refractivity contribution in [2.45, 2.75) is 13.1 Å². The van der Waals surface area contributed by atoms with Crippen LogP contribution >= 0.6 is 11.6 Å². The number of halogens is 1. The molecule has 0 radical (unpaired) electrons. The van der Waals surface area contributed by atoms with E-state index in [0.29, 0.717) is 11.6 Å². The second-order valence-electron chi connectivity index (χ2n) is 3.75. The minimum atomic E-state index is -0.167. The summed E-state index contributed by atoms with van der Waals surface area (Å²) in [6, 6.07) is 7.31. The van der Waals surface area contributed by atoms with Crippen molar-refractivity contribution in [1.82, 2.24) is 20.3 Å². The predicted octanol–water partition coefficient (Wildman–Crippen LogP) is 0.830. The number of hydrogen-bond donors (Lipinski definition) is 2. The Labute approximate surface area is 109 Å². The molecule has 0 spiro atoms. The molecule has 0 saturated carbocycles. The van der Waals surface area contributed by atoms with E-state index in [4.69, 9.17) is 17.3 Å². The molecule has 3 N–H and O–H groups in total. The summed E-state index contributed by atoms with van der Waals surface area (Å²) < 4.78 is 1.38. The summed E-state index contributed by atoms with van der Waals surface area (Å²) in [5.74, 6) is 0.123. The van der Waals surface area contributed by atoms with Crippen LogP contribution in [0, 0.1) is 0 Å². The zero-order valence-electron chi connectivity index (χ0n) is 9.51. The highest BCUT2D eigenvalue weighted by Gasteiger charge is 2.04. The molecule has 0 aliphatic carbocycles. The first-order valence-corrected chi connectivity index (χ1v) is 5.68. The van der Waals surface area contributed by atoms with E-state index in [1.807, 2.05) is 12.1 Å². The van der Waals surface area contributed by atoms with Gasteiger partial charge in [-0.3, -0.25) is 4.79 Å². The van der Waals surface area contributed by atoms with Crippen LogP contribution in [-0.2, 0) is 17.9 Å². The lowest BCUT2D eigenvalue weighted by molar-refractivity contribution is -0.122. The summed E-state index contributed by atoms with van der Waals surface area (Å²) in [5.41, 5.74) is 6.33. The number of carbonyl (C=O) groups is 1. The normalized spacial score (nSPS) is 10.3. The van der Waals surface area contributed by atoms with E-state index in [1.54, 1.807) is 12.1 Å². The third kappa shape index (κ3) is 3.46. The zero-order chi connectivity index (χ0) is 13.0. The molecular formula is C11H12ClN5O. The van der Waals surface area contributed by atoms with E-state index >= 15 is 0 Å². The zero-order valence-corrected chi connectivity index (χ0v) is 10.3. The van der Waals surface area contributed by atoms with Crippen LogP contribution in [-0.4, -0.2) is 20.9 Å². The molecule has 0 aliphatic heterocycles. The Morgan fingerprint density at radius 1 is 1.50 bits per heavy atom. The molecular weight excluding hydrogens is 254 g/mol. The second-order valence-corrected chi connectivity index (χ2v) is 4.18. The van der Waals surface area contributed by atoms with Crippen molar-refractivity contribution < 1.29 is 4.79 Å². The van der Waals surface area contributed by atoms with Crippen LogP contribution in [0.1, 0.15) is 5.56 Å². The third-order valence-corrected chi connectivity index (χ3v) is 2.48. The molecule has 0 bridgehead atoms. The molecule has 18 heavy (non-hydrogen) atoms. The fourth-order valence-electron chi connectivity index (χ4n) is 1.44. The molecule has 1 heterocycles. The molecule has 1 aromatic carbocycles. The van der Waals surface area contributed by atoms with Gasteiger partial charge in [0.15, 0.2) is 5.82 Å². The van der Waals surface area contributed by atoms with Crippen LogP contribution < -0.4 is 11.1 Å². The first-order valence-electron chi connectivity index (χ1n) is 5.30. The maximum absolute atomic E-state index is 11.6. The lowest BCUT2D eigenvalue weighted by Crippen LogP contribution is -2.27. The van der Waals surface area contributed by atoms with Crippen molar-refractivity contribution in [3.8, 4) is 0 Å². The van der Waals surface area contributed by atoms with Crippen molar-refractivity contribution >= 4 is 23.3 Å². The highest BCUT2D eigenvalue weighted by molar-refractivity contribution is 6.30. The first-order chi connectivity index (χ1) is 8.63. The fraction of sp³-hybridized carbons (Fsp3) is 0.182. The van der Waals surface area contributed by atoms with Crippen LogP contribution in [0.15, 0.2) is 30.5 Å². The number of nitrogens with zero attached hydrogens (tertiary/aromatic N) is 3. The van der Waals surface area contributed by atoms with Gasteiger partial charge >= 0.3 is 0 Å². The molecule has 0 fully saturated rings. The smallest absolute Gasteiger partial charge is 0.242 e. The Morgan fingerprint density at radius 2 is 2.33 bits per heavy atom. The van der Waals surface area contributed by atoms with Gasteiger partial charge in [-0.15, -0.1) is 5.10 Å². The summed E-state index contributed by atoms with van der Waals surface area (Å²) in [6.45, 7) is 0.508. The van der Waals surface area contributed by atoms with Crippen LogP contribution in [0.5, 0.6) is 0 Å². The second kappa shape index (κ2) is 5.50. The van der Waals surface area contributed by atoms with E-state index in [-0.39, 0.29) is 18.3 Å². The molecule has 0 saturated heterocycles. The van der Waals surface area contributed by atoms with Gasteiger partial charge in [-0.05, 0) is 17.7 Å². The number of hydrogen-bond acceptors (Lipinski definition) is 4. The number of amides is 1. The molecule has 1 amide bonds. The number of rotatable bonds is 4. The Hall–Kier alpha value is -2.08. The number of nitrogens with two attached hydrogens (primary N) is 1. The lowest BCUT2D eigenvalue weighted by Gasteiger charge is -2.05. The first kappa shape index (κ1) is 12.4. The summed E-state index contributed by atoms with van der Waals surface area (Å²) in [6.07, 6.45) is 1.50. The van der Waals surface area contributed by atoms with Gasteiger partial charge in [-0.25, -0.2) is 4.68 Å². The monoisotopic (exact) mass is 265 g/mol. The topological polar surface area (TPSA) is 85.8 Å². The van der Waals surface area contributed by atoms with Gasteiger partial charge < -0.3 is 11.1 Å². The molecule has 94 valence electrons. The number of anilines is 1. The lowest BCUT2D eigenvalue weighted by atomic mass is 10.2. The van der Waals surface area contributed by atoms with E-state index in [1.165, 1.54) is 10.9 Å². The van der Waals surface area contributed by atoms with Crippen LogP contribution in [0.3, 0.4) is 0 Å². The van der Waals surface area contributed by atoms with Gasteiger partial charge in [0.1, 0.15) is 6.54 Å². The number of nitrogens with one attached hydrogen (secondary N) is 1. The maximum Gasteiger partial charge on any atom is 0.242 e. The van der Waals surface area contributed by atoms with Gasteiger partial charge in [-0.2, -0.15) is 0 Å². The average molecular weight is 266 g/mol. The van der Waals surface area contributed by atoms with Crippen molar-refractivity contribution in [3.63, 3.8) is 0 Å². The highest BCUT2D eigenvalue weighted by Crippen LogP contribution is 2.10. The van der Waals surface area contributed by atoms with E-state index in [0.717, 1.165) is 5.56 Å². The number of benzene rings is 1. The largest absolute Gasteiger partial charge is 0.381 e.